The largest absolute Gasteiger partial charge is 0.454 e. The van der Waals surface area contributed by atoms with Crippen LogP contribution in [0.15, 0.2) is 18.2 Å². The number of benzene rings is 1. The van der Waals surface area contributed by atoms with Crippen molar-refractivity contribution in [2.24, 2.45) is 5.73 Å². The van der Waals surface area contributed by atoms with Crippen LogP contribution in [-0.2, 0) is 4.79 Å². The van der Waals surface area contributed by atoms with E-state index in [2.05, 4.69) is 0 Å². The van der Waals surface area contributed by atoms with E-state index in [1.165, 1.54) is 6.92 Å². The second kappa shape index (κ2) is 3.31. The van der Waals surface area contributed by atoms with Crippen molar-refractivity contribution < 1.29 is 14.3 Å². The summed E-state index contributed by atoms with van der Waals surface area (Å²) >= 11 is 0. The topological polar surface area (TPSA) is 61.6 Å². The third kappa shape index (κ3) is 1.44. The van der Waals surface area contributed by atoms with Gasteiger partial charge >= 0.3 is 0 Å². The number of ketones is 1. The first-order valence-corrected chi connectivity index (χ1v) is 4.34. The summed E-state index contributed by atoms with van der Waals surface area (Å²) in [6.45, 7) is 1.70. The van der Waals surface area contributed by atoms with Crippen LogP contribution in [-0.4, -0.2) is 12.6 Å². The molecule has 1 aromatic rings. The SMILES string of the molecule is CC(=O)C(N)c1ccc2c(c1)OCO2. The number of carbonyl (C=O) groups is 1. The third-order valence-corrected chi connectivity index (χ3v) is 2.19. The lowest BCUT2D eigenvalue weighted by Crippen LogP contribution is -2.18. The summed E-state index contributed by atoms with van der Waals surface area (Å²) in [4.78, 5) is 11.0. The first-order chi connectivity index (χ1) is 6.68. The lowest BCUT2D eigenvalue weighted by atomic mass is 10.0. The molecular weight excluding hydrogens is 182 g/mol. The van der Waals surface area contributed by atoms with Crippen molar-refractivity contribution in [1.29, 1.82) is 0 Å². The highest BCUT2D eigenvalue weighted by Crippen LogP contribution is 2.33. The van der Waals surface area contributed by atoms with Gasteiger partial charge in [0.25, 0.3) is 0 Å². The molecule has 0 radical (unpaired) electrons. The molecule has 74 valence electrons. The van der Waals surface area contributed by atoms with Crippen LogP contribution in [0.25, 0.3) is 0 Å². The van der Waals surface area contributed by atoms with Gasteiger partial charge < -0.3 is 15.2 Å². The summed E-state index contributed by atoms with van der Waals surface area (Å²) in [5.41, 5.74) is 6.44. The molecule has 4 nitrogen and oxygen atoms in total. The zero-order valence-electron chi connectivity index (χ0n) is 7.82. The van der Waals surface area contributed by atoms with Crippen molar-refractivity contribution in [2.45, 2.75) is 13.0 Å². The van der Waals surface area contributed by atoms with Gasteiger partial charge in [-0.3, -0.25) is 4.79 Å². The molecule has 0 saturated heterocycles. The van der Waals surface area contributed by atoms with Crippen LogP contribution < -0.4 is 15.2 Å². The first-order valence-electron chi connectivity index (χ1n) is 4.34. The molecule has 1 heterocycles. The Hall–Kier alpha value is -1.55. The summed E-state index contributed by atoms with van der Waals surface area (Å²) in [5.74, 6) is 1.28. The Kier molecular flexibility index (Phi) is 2.13. The lowest BCUT2D eigenvalue weighted by Gasteiger charge is -2.08. The van der Waals surface area contributed by atoms with Gasteiger partial charge in [-0.1, -0.05) is 6.07 Å². The maximum Gasteiger partial charge on any atom is 0.231 e. The minimum atomic E-state index is -0.579. The summed E-state index contributed by atoms with van der Waals surface area (Å²) in [5, 5.41) is 0. The Balaban J connectivity index is 2.33. The molecule has 2 rings (SSSR count). The first kappa shape index (κ1) is 9.02. The van der Waals surface area contributed by atoms with Gasteiger partial charge in [0, 0.05) is 0 Å². The van der Waals surface area contributed by atoms with Gasteiger partial charge in [-0.05, 0) is 24.6 Å². The van der Waals surface area contributed by atoms with Crippen molar-refractivity contribution in [2.75, 3.05) is 6.79 Å². The van der Waals surface area contributed by atoms with E-state index in [1.54, 1.807) is 18.2 Å². The summed E-state index contributed by atoms with van der Waals surface area (Å²) in [7, 11) is 0. The summed E-state index contributed by atoms with van der Waals surface area (Å²) in [6.07, 6.45) is 0. The highest BCUT2D eigenvalue weighted by atomic mass is 16.7. The van der Waals surface area contributed by atoms with Crippen LogP contribution in [0.1, 0.15) is 18.5 Å². The minimum Gasteiger partial charge on any atom is -0.454 e. The normalized spacial score (nSPS) is 15.3. The number of fused-ring (bicyclic) bond motifs is 1. The van der Waals surface area contributed by atoms with Crippen LogP contribution in [0.3, 0.4) is 0 Å². The predicted molar refractivity (Wildman–Crippen MR) is 50.2 cm³/mol. The molecule has 0 amide bonds. The van der Waals surface area contributed by atoms with Gasteiger partial charge in [0.15, 0.2) is 17.3 Å². The average molecular weight is 193 g/mol. The lowest BCUT2D eigenvalue weighted by molar-refractivity contribution is -0.118. The van der Waals surface area contributed by atoms with Crippen LogP contribution >= 0.6 is 0 Å². The molecule has 2 N–H and O–H groups in total. The highest BCUT2D eigenvalue weighted by molar-refractivity contribution is 5.82. The number of nitrogens with two attached hydrogens (primary N) is 1. The van der Waals surface area contributed by atoms with E-state index >= 15 is 0 Å². The number of rotatable bonds is 2. The Morgan fingerprint density at radius 1 is 1.43 bits per heavy atom. The number of hydrogen-bond acceptors (Lipinski definition) is 4. The van der Waals surface area contributed by atoms with E-state index in [-0.39, 0.29) is 12.6 Å². The monoisotopic (exact) mass is 193 g/mol. The zero-order chi connectivity index (χ0) is 10.1. The minimum absolute atomic E-state index is 0.0659. The number of Topliss-reactive ketones (excluding diaryl/α,β-unsaturated/α-hetero) is 1. The van der Waals surface area contributed by atoms with Crippen molar-refractivity contribution in [3.8, 4) is 11.5 Å². The quantitative estimate of drug-likeness (QED) is 0.761. The molecule has 1 aromatic carbocycles. The molecule has 4 heteroatoms. The maximum absolute atomic E-state index is 11.0. The van der Waals surface area contributed by atoms with Crippen molar-refractivity contribution in [1.82, 2.24) is 0 Å². The van der Waals surface area contributed by atoms with Gasteiger partial charge in [0.05, 0.1) is 6.04 Å². The van der Waals surface area contributed by atoms with Gasteiger partial charge in [0.2, 0.25) is 6.79 Å². The second-order valence-corrected chi connectivity index (χ2v) is 3.20. The van der Waals surface area contributed by atoms with E-state index < -0.39 is 6.04 Å². The summed E-state index contributed by atoms with van der Waals surface area (Å²) in [6, 6.07) is 4.71. The van der Waals surface area contributed by atoms with Crippen LogP contribution in [0.5, 0.6) is 11.5 Å². The molecule has 14 heavy (non-hydrogen) atoms. The second-order valence-electron chi connectivity index (χ2n) is 3.20. The third-order valence-electron chi connectivity index (χ3n) is 2.19. The smallest absolute Gasteiger partial charge is 0.231 e. The van der Waals surface area contributed by atoms with Crippen molar-refractivity contribution in [3.05, 3.63) is 23.8 Å². The Labute approximate surface area is 81.6 Å². The fraction of sp³-hybridized carbons (Fsp3) is 0.300. The van der Waals surface area contributed by atoms with Crippen molar-refractivity contribution in [3.63, 3.8) is 0 Å². The standard InChI is InChI=1S/C10H11NO3/c1-6(12)10(11)7-2-3-8-9(4-7)14-5-13-8/h2-4,10H,5,11H2,1H3. The van der Waals surface area contributed by atoms with Crippen molar-refractivity contribution >= 4 is 5.78 Å². The average Bonchev–Trinajstić information content (AvgIpc) is 2.62. The van der Waals surface area contributed by atoms with E-state index in [9.17, 15) is 4.79 Å². The van der Waals surface area contributed by atoms with E-state index in [0.717, 1.165) is 5.56 Å². The number of hydrogen-bond donors (Lipinski definition) is 1. The van der Waals surface area contributed by atoms with Crippen LogP contribution in [0, 0.1) is 0 Å². The Bertz CT molecular complexity index is 376. The predicted octanol–water partition coefficient (Wildman–Crippen LogP) is 1.00. The molecule has 0 aromatic heterocycles. The molecule has 1 atom stereocenters. The van der Waals surface area contributed by atoms with E-state index in [1.807, 2.05) is 0 Å². The van der Waals surface area contributed by atoms with E-state index in [4.69, 9.17) is 15.2 Å². The molecule has 0 aliphatic carbocycles. The fourth-order valence-electron chi connectivity index (χ4n) is 1.34. The molecule has 1 unspecified atom stereocenters. The molecule has 1 aliphatic heterocycles. The zero-order valence-corrected chi connectivity index (χ0v) is 7.82. The number of ether oxygens (including phenoxy) is 2. The molecule has 0 spiro atoms. The van der Waals surface area contributed by atoms with Gasteiger partial charge in [-0.25, -0.2) is 0 Å². The van der Waals surface area contributed by atoms with Crippen LogP contribution in [0.4, 0.5) is 0 Å². The van der Waals surface area contributed by atoms with Gasteiger partial charge in [0.1, 0.15) is 0 Å². The molecule has 0 saturated carbocycles. The summed E-state index contributed by atoms with van der Waals surface area (Å²) < 4.78 is 10.3. The molecule has 0 fully saturated rings. The van der Waals surface area contributed by atoms with Gasteiger partial charge in [-0.15, -0.1) is 0 Å². The molecular formula is C10H11NO3. The van der Waals surface area contributed by atoms with E-state index in [0.29, 0.717) is 11.5 Å². The van der Waals surface area contributed by atoms with Crippen LogP contribution in [0.2, 0.25) is 0 Å². The number of carbonyl (C=O) groups excluding carboxylic acids is 1. The maximum atomic E-state index is 11.0. The Morgan fingerprint density at radius 3 is 2.86 bits per heavy atom. The van der Waals surface area contributed by atoms with Gasteiger partial charge in [-0.2, -0.15) is 0 Å². The highest BCUT2D eigenvalue weighted by Gasteiger charge is 2.17. The Morgan fingerprint density at radius 2 is 2.14 bits per heavy atom. The molecule has 0 bridgehead atoms. The fourth-order valence-corrected chi connectivity index (χ4v) is 1.34. The molecule has 1 aliphatic rings.